The Balaban J connectivity index is 2.34. The van der Waals surface area contributed by atoms with Crippen LogP contribution in [0.2, 0.25) is 0 Å². The average molecular weight is 442 g/mol. The minimum absolute atomic E-state index is 0.101. The van der Waals surface area contributed by atoms with Gasteiger partial charge in [-0.3, -0.25) is 0 Å². The molecule has 0 aliphatic heterocycles. The number of hydrogen-bond donors (Lipinski definition) is 0. The van der Waals surface area contributed by atoms with Crippen LogP contribution in [0.1, 0.15) is 75.7 Å². The SMILES string of the molecule is C=[P+](CC)CC([P+](=C)CC)[P+](=C)C(C)(C)C[C@]12[C@@H](C)C(C)(C)[C@H](C)[C@H]1C2(C)C. The average Bonchev–Trinajstić information content (AvgIpc) is 3.04. The summed E-state index contributed by atoms with van der Waals surface area (Å²) in [5, 5.41) is 1.05. The van der Waals surface area contributed by atoms with Gasteiger partial charge in [-0.25, -0.2) is 0 Å². The molecule has 0 spiro atoms. The van der Waals surface area contributed by atoms with Crippen molar-refractivity contribution in [2.45, 2.75) is 86.2 Å². The summed E-state index contributed by atoms with van der Waals surface area (Å²) in [6.45, 7) is 25.0. The first kappa shape index (κ1) is 24.8. The van der Waals surface area contributed by atoms with Gasteiger partial charge in [-0.15, -0.1) is 0 Å². The van der Waals surface area contributed by atoms with Gasteiger partial charge in [-0.05, 0) is 68.1 Å². The highest BCUT2D eigenvalue weighted by atomic mass is 31.2. The Bertz CT molecular complexity index is 665. The van der Waals surface area contributed by atoms with Gasteiger partial charge in [0.1, 0.15) is 32.6 Å². The molecule has 2 saturated carbocycles. The second kappa shape index (κ2) is 7.89. The van der Waals surface area contributed by atoms with Gasteiger partial charge in [0.2, 0.25) is 0 Å². The van der Waals surface area contributed by atoms with Crippen LogP contribution in [-0.4, -0.2) is 47.9 Å². The molecule has 28 heavy (non-hydrogen) atoms. The molecule has 0 nitrogen and oxygen atoms in total. The van der Waals surface area contributed by atoms with E-state index in [1.54, 1.807) is 0 Å². The Morgan fingerprint density at radius 1 is 0.964 bits per heavy atom. The highest BCUT2D eigenvalue weighted by Crippen LogP contribution is 2.86. The molecule has 2 aliphatic rings. The molecular weight excluding hydrogens is 393 g/mol. The maximum absolute atomic E-state index is 4.91. The summed E-state index contributed by atoms with van der Waals surface area (Å²) in [5.41, 5.74) is 1.43. The number of hydrogen-bond acceptors (Lipinski definition) is 0. The van der Waals surface area contributed by atoms with Crippen LogP contribution in [0, 0.1) is 34.0 Å². The second-order valence-electron chi connectivity index (χ2n) is 11.6. The van der Waals surface area contributed by atoms with Crippen LogP contribution in [0.3, 0.4) is 0 Å². The van der Waals surface area contributed by atoms with Crippen molar-refractivity contribution in [2.24, 2.45) is 34.0 Å². The molecule has 0 bridgehead atoms. The largest absolute Gasteiger partial charge is 0.300 e. The van der Waals surface area contributed by atoms with E-state index in [0.717, 1.165) is 23.2 Å². The highest BCUT2D eigenvalue weighted by Gasteiger charge is 2.82. The fourth-order valence-corrected chi connectivity index (χ4v) is 15.5. The fourth-order valence-electron chi connectivity index (χ4n) is 7.01. The highest BCUT2D eigenvalue weighted by molar-refractivity contribution is 7.75. The van der Waals surface area contributed by atoms with Gasteiger partial charge in [0.15, 0.2) is 6.16 Å². The maximum atomic E-state index is 4.91. The summed E-state index contributed by atoms with van der Waals surface area (Å²) in [4.78, 5) is 0. The van der Waals surface area contributed by atoms with Crippen molar-refractivity contribution in [3.8, 4) is 0 Å². The van der Waals surface area contributed by atoms with Crippen molar-refractivity contribution < 1.29 is 0 Å². The van der Waals surface area contributed by atoms with Crippen LogP contribution >= 0.6 is 22.6 Å². The summed E-state index contributed by atoms with van der Waals surface area (Å²) in [6, 6.07) is 0. The lowest BCUT2D eigenvalue weighted by atomic mass is 9.65. The first-order chi connectivity index (χ1) is 12.6. The van der Waals surface area contributed by atoms with Crippen LogP contribution in [0.4, 0.5) is 0 Å². The topological polar surface area (TPSA) is 0 Å². The van der Waals surface area contributed by atoms with Gasteiger partial charge < -0.3 is 0 Å². The van der Waals surface area contributed by atoms with Crippen molar-refractivity contribution in [2.75, 3.05) is 18.5 Å². The molecule has 0 radical (unpaired) electrons. The van der Waals surface area contributed by atoms with E-state index in [0.29, 0.717) is 21.4 Å². The molecule has 0 aromatic heterocycles. The molecule has 0 amide bonds. The van der Waals surface area contributed by atoms with E-state index >= 15 is 0 Å². The molecular formula is C25H48P3+3. The molecule has 160 valence electrons. The first-order valence-electron chi connectivity index (χ1n) is 11.3. The summed E-state index contributed by atoms with van der Waals surface area (Å²) in [5.74, 6) is 2.47. The van der Waals surface area contributed by atoms with E-state index < -0.39 is 0 Å². The molecule has 0 aromatic carbocycles. The van der Waals surface area contributed by atoms with Crippen LogP contribution in [0.15, 0.2) is 0 Å². The normalized spacial score (nSPS) is 35.8. The lowest BCUT2D eigenvalue weighted by Crippen LogP contribution is -2.36. The standard InChI is InChI=1S/C25H48P3/c1-14-26(11)16-20(27(12)15-2)28(13)22(5,6)17-25-19(4)23(7,8)18(3)21(25)24(25,9)10/h18-21H,11-17H2,1-10H3/q+3/t18-,19+,20?,21+,25+/m1/s1. The van der Waals surface area contributed by atoms with Gasteiger partial charge in [0, 0.05) is 0 Å². The Labute approximate surface area is 180 Å². The molecule has 0 N–H and O–H groups in total. The van der Waals surface area contributed by atoms with Gasteiger partial charge in [-0.1, -0.05) is 41.5 Å². The molecule has 3 heteroatoms. The zero-order valence-corrected chi connectivity index (χ0v) is 23.3. The van der Waals surface area contributed by atoms with Crippen molar-refractivity contribution >= 4 is 41.5 Å². The lowest BCUT2D eigenvalue weighted by Gasteiger charge is -2.41. The van der Waals surface area contributed by atoms with E-state index in [2.05, 4.69) is 81.8 Å². The van der Waals surface area contributed by atoms with Crippen molar-refractivity contribution in [3.63, 3.8) is 0 Å². The minimum Gasteiger partial charge on any atom is -0.0617 e. The van der Waals surface area contributed by atoms with E-state index in [4.69, 9.17) is 6.30 Å². The molecule has 2 rings (SSSR count). The molecule has 2 aliphatic carbocycles. The van der Waals surface area contributed by atoms with Gasteiger partial charge >= 0.3 is 0 Å². The Morgan fingerprint density at radius 3 is 1.93 bits per heavy atom. The summed E-state index contributed by atoms with van der Waals surface area (Å²) in [6.07, 6.45) is 19.2. The van der Waals surface area contributed by atoms with Gasteiger partial charge in [0.25, 0.3) is 5.40 Å². The molecule has 2 fully saturated rings. The zero-order chi connectivity index (χ0) is 21.9. The third-order valence-corrected chi connectivity index (χ3v) is 18.2. The predicted octanol–water partition coefficient (Wildman–Crippen LogP) is 8.22. The summed E-state index contributed by atoms with van der Waals surface area (Å²) < 4.78 is 0. The fraction of sp³-hybridized carbons (Fsp3) is 0.880. The Kier molecular flexibility index (Phi) is 6.98. The number of rotatable bonds is 9. The van der Waals surface area contributed by atoms with Crippen molar-refractivity contribution in [1.29, 1.82) is 0 Å². The van der Waals surface area contributed by atoms with Crippen LogP contribution in [-0.2, 0) is 0 Å². The Hall–Kier alpha value is 0.510. The molecule has 8 atom stereocenters. The predicted molar refractivity (Wildman–Crippen MR) is 142 cm³/mol. The monoisotopic (exact) mass is 441 g/mol. The van der Waals surface area contributed by atoms with E-state index in [1.807, 2.05) is 0 Å². The molecule has 0 aromatic rings. The Morgan fingerprint density at radius 2 is 1.50 bits per heavy atom. The molecule has 0 heterocycles. The minimum atomic E-state index is -0.305. The molecule has 4 unspecified atom stereocenters. The smallest absolute Gasteiger partial charge is 0.0617 e. The van der Waals surface area contributed by atoms with E-state index in [1.165, 1.54) is 24.9 Å². The zero-order valence-electron chi connectivity index (χ0n) is 20.6. The first-order valence-corrected chi connectivity index (χ1v) is 16.6. The summed E-state index contributed by atoms with van der Waals surface area (Å²) in [7, 11) is -0.581. The van der Waals surface area contributed by atoms with Gasteiger partial charge in [-0.2, -0.15) is 0 Å². The van der Waals surface area contributed by atoms with Crippen molar-refractivity contribution in [3.05, 3.63) is 0 Å². The van der Waals surface area contributed by atoms with Gasteiger partial charge in [0.05, 0.1) is 26.4 Å². The summed E-state index contributed by atoms with van der Waals surface area (Å²) >= 11 is 0. The van der Waals surface area contributed by atoms with E-state index in [-0.39, 0.29) is 22.6 Å². The van der Waals surface area contributed by atoms with E-state index in [9.17, 15) is 0 Å². The van der Waals surface area contributed by atoms with Crippen LogP contribution in [0.25, 0.3) is 0 Å². The van der Waals surface area contributed by atoms with Crippen LogP contribution in [0.5, 0.6) is 0 Å². The van der Waals surface area contributed by atoms with Crippen LogP contribution < -0.4 is 0 Å². The second-order valence-corrected chi connectivity index (χ2v) is 19.5. The third-order valence-electron chi connectivity index (χ3n) is 9.57. The molecule has 0 saturated heterocycles. The lowest BCUT2D eigenvalue weighted by molar-refractivity contribution is 0.0871. The third kappa shape index (κ3) is 3.57. The number of fused-ring (bicyclic) bond motifs is 1. The quantitative estimate of drug-likeness (QED) is 0.316. The van der Waals surface area contributed by atoms with Crippen molar-refractivity contribution in [1.82, 2.24) is 0 Å². The maximum Gasteiger partial charge on any atom is 0.300 e.